The molecule has 0 bridgehead atoms. The van der Waals surface area contributed by atoms with Crippen molar-refractivity contribution in [3.63, 3.8) is 0 Å². The summed E-state index contributed by atoms with van der Waals surface area (Å²) in [4.78, 5) is 0. The maximum absolute atomic E-state index is 9.36. The molecule has 0 aromatic carbocycles. The molecule has 12 heavy (non-hydrogen) atoms. The van der Waals surface area contributed by atoms with Gasteiger partial charge in [0, 0.05) is 0 Å². The van der Waals surface area contributed by atoms with Crippen LogP contribution in [0.4, 0.5) is 0 Å². The number of ether oxygens (including phenoxy) is 1. The molecule has 0 aromatic heterocycles. The largest absolute Gasteiger partial charge is 0.393 e. The molecule has 1 fully saturated rings. The number of aliphatic hydroxyl groups excluding tert-OH is 4. The minimum absolute atomic E-state index is 0.269. The van der Waals surface area contributed by atoms with Crippen LogP contribution < -0.4 is 0 Å². The quantitative estimate of drug-likeness (QED) is 0.306. The van der Waals surface area contributed by atoms with Crippen molar-refractivity contribution in [3.05, 3.63) is 0 Å². The highest BCUT2D eigenvalue weighted by molar-refractivity contribution is 4.94. The van der Waals surface area contributed by atoms with E-state index in [4.69, 9.17) is 20.4 Å². The van der Waals surface area contributed by atoms with Crippen LogP contribution in [0.2, 0.25) is 0 Å². The van der Waals surface area contributed by atoms with Gasteiger partial charge in [0.2, 0.25) is 5.79 Å². The van der Waals surface area contributed by atoms with E-state index in [1.165, 1.54) is 0 Å². The van der Waals surface area contributed by atoms with Gasteiger partial charge >= 0.3 is 0 Å². The third-order valence-electron chi connectivity index (χ3n) is 1.92. The van der Waals surface area contributed by atoms with Crippen molar-refractivity contribution < 1.29 is 30.3 Å². The molecule has 0 radical (unpaired) electrons. The van der Waals surface area contributed by atoms with E-state index in [2.05, 4.69) is 4.74 Å². The van der Waals surface area contributed by atoms with Crippen LogP contribution >= 0.6 is 0 Å². The average Bonchev–Trinajstić information content (AvgIpc) is 2.33. The molecule has 0 aromatic rings. The zero-order valence-electron chi connectivity index (χ0n) is 6.29. The second-order valence-electron chi connectivity index (χ2n) is 2.77. The second kappa shape index (κ2) is 3.25. The summed E-state index contributed by atoms with van der Waals surface area (Å²) in [5.74, 6) is -2.26. The molecule has 6 heteroatoms. The van der Waals surface area contributed by atoms with Crippen LogP contribution in [-0.2, 0) is 4.74 Å². The Morgan fingerprint density at radius 1 is 1.50 bits per heavy atom. The summed E-state index contributed by atoms with van der Waals surface area (Å²) >= 11 is 0. The van der Waals surface area contributed by atoms with E-state index < -0.39 is 30.7 Å². The van der Waals surface area contributed by atoms with Gasteiger partial charge in [-0.05, 0) is 0 Å². The molecule has 6 nitrogen and oxygen atoms in total. The Morgan fingerprint density at radius 2 is 2.08 bits per heavy atom. The van der Waals surface area contributed by atoms with Gasteiger partial charge in [-0.15, -0.1) is 0 Å². The Balaban J connectivity index is 2.71. The van der Waals surface area contributed by atoms with E-state index in [1.807, 2.05) is 0 Å². The topological polar surface area (TPSA) is 110 Å². The molecule has 5 N–H and O–H groups in total. The first kappa shape index (κ1) is 9.85. The zero-order valence-corrected chi connectivity index (χ0v) is 6.29. The number of rotatable bonds is 2. The minimum Gasteiger partial charge on any atom is -0.393 e. The standard InChI is InChI=1S/C6H12O6/c7-1-4(9)6(11)5(10)3(8)2-12-6/h3-5,7-11H,1-2H2/t3-,4+,5-,6?/m1/s1. The van der Waals surface area contributed by atoms with E-state index in [9.17, 15) is 5.11 Å². The summed E-state index contributed by atoms with van der Waals surface area (Å²) in [5, 5.41) is 44.9. The van der Waals surface area contributed by atoms with Crippen LogP contribution in [0.15, 0.2) is 0 Å². The molecule has 0 saturated carbocycles. The van der Waals surface area contributed by atoms with Crippen molar-refractivity contribution in [2.45, 2.75) is 24.1 Å². The molecule has 1 aliphatic rings. The van der Waals surface area contributed by atoms with Crippen molar-refractivity contribution in [1.29, 1.82) is 0 Å². The van der Waals surface area contributed by atoms with E-state index in [0.717, 1.165) is 0 Å². The molecule has 4 atom stereocenters. The first-order chi connectivity index (χ1) is 5.52. The third-order valence-corrected chi connectivity index (χ3v) is 1.92. The fourth-order valence-electron chi connectivity index (χ4n) is 1.10. The third kappa shape index (κ3) is 1.33. The van der Waals surface area contributed by atoms with Crippen LogP contribution in [0, 0.1) is 0 Å². The SMILES string of the molecule is OC[C@H](O)C1(O)OC[C@@H](O)[C@H]1O. The molecule has 1 rings (SSSR count). The minimum atomic E-state index is -2.26. The van der Waals surface area contributed by atoms with E-state index in [1.54, 1.807) is 0 Å². The fraction of sp³-hybridized carbons (Fsp3) is 1.00. The Morgan fingerprint density at radius 3 is 2.42 bits per heavy atom. The molecule has 0 aliphatic carbocycles. The van der Waals surface area contributed by atoms with Crippen molar-refractivity contribution in [1.82, 2.24) is 0 Å². The number of hydrogen-bond donors (Lipinski definition) is 5. The molecular weight excluding hydrogens is 168 g/mol. The zero-order chi connectivity index (χ0) is 9.35. The summed E-state index contributed by atoms with van der Waals surface area (Å²) < 4.78 is 4.56. The summed E-state index contributed by atoms with van der Waals surface area (Å²) in [5.41, 5.74) is 0. The van der Waals surface area contributed by atoms with E-state index in [0.29, 0.717) is 0 Å². The predicted molar refractivity (Wildman–Crippen MR) is 36.0 cm³/mol. The van der Waals surface area contributed by atoms with Crippen LogP contribution in [-0.4, -0.2) is 62.8 Å². The van der Waals surface area contributed by atoms with Crippen molar-refractivity contribution in [2.75, 3.05) is 13.2 Å². The molecule has 1 saturated heterocycles. The van der Waals surface area contributed by atoms with Crippen LogP contribution in [0.3, 0.4) is 0 Å². The molecule has 72 valence electrons. The van der Waals surface area contributed by atoms with Crippen LogP contribution in [0.1, 0.15) is 0 Å². The predicted octanol–water partition coefficient (Wildman–Crippen LogP) is -3.22. The highest BCUT2D eigenvalue weighted by Crippen LogP contribution is 2.27. The lowest BCUT2D eigenvalue weighted by atomic mass is 10.0. The molecule has 1 heterocycles. The highest BCUT2D eigenvalue weighted by atomic mass is 16.7. The summed E-state index contributed by atoms with van der Waals surface area (Å²) in [6, 6.07) is 0. The van der Waals surface area contributed by atoms with Gasteiger partial charge in [0.1, 0.15) is 18.3 Å². The van der Waals surface area contributed by atoms with E-state index >= 15 is 0 Å². The summed E-state index contributed by atoms with van der Waals surface area (Å²) in [6.45, 7) is -1.02. The Hall–Kier alpha value is -0.240. The Bertz CT molecular complexity index is 162. The lowest BCUT2D eigenvalue weighted by Gasteiger charge is -2.29. The Kier molecular flexibility index (Phi) is 2.67. The first-order valence-corrected chi connectivity index (χ1v) is 3.53. The summed E-state index contributed by atoms with van der Waals surface area (Å²) in [6.07, 6.45) is -4.46. The molecule has 1 unspecified atom stereocenters. The van der Waals surface area contributed by atoms with E-state index in [-0.39, 0.29) is 6.61 Å². The maximum atomic E-state index is 9.36. The number of aliphatic hydroxyl groups is 5. The first-order valence-electron chi connectivity index (χ1n) is 3.53. The lowest BCUT2D eigenvalue weighted by Crippen LogP contribution is -2.53. The van der Waals surface area contributed by atoms with Gasteiger partial charge in [-0.2, -0.15) is 0 Å². The van der Waals surface area contributed by atoms with Crippen LogP contribution in [0.5, 0.6) is 0 Å². The van der Waals surface area contributed by atoms with Gasteiger partial charge < -0.3 is 30.3 Å². The van der Waals surface area contributed by atoms with Gasteiger partial charge in [-0.3, -0.25) is 0 Å². The lowest BCUT2D eigenvalue weighted by molar-refractivity contribution is -0.271. The molecule has 0 spiro atoms. The highest BCUT2D eigenvalue weighted by Gasteiger charge is 2.52. The molecular formula is C6H12O6. The van der Waals surface area contributed by atoms with Crippen molar-refractivity contribution in [3.8, 4) is 0 Å². The fourth-order valence-corrected chi connectivity index (χ4v) is 1.10. The van der Waals surface area contributed by atoms with Gasteiger partial charge in [0.05, 0.1) is 13.2 Å². The molecule has 1 aliphatic heterocycles. The van der Waals surface area contributed by atoms with Gasteiger partial charge in [-0.25, -0.2) is 0 Å². The maximum Gasteiger partial charge on any atom is 0.224 e. The van der Waals surface area contributed by atoms with Crippen LogP contribution in [0.25, 0.3) is 0 Å². The van der Waals surface area contributed by atoms with Crippen molar-refractivity contribution >= 4 is 0 Å². The average molecular weight is 180 g/mol. The number of hydrogen-bond acceptors (Lipinski definition) is 6. The van der Waals surface area contributed by atoms with Crippen molar-refractivity contribution in [2.24, 2.45) is 0 Å². The molecule has 0 amide bonds. The van der Waals surface area contributed by atoms with Gasteiger partial charge in [0.25, 0.3) is 0 Å². The Labute approximate surface area is 68.6 Å². The monoisotopic (exact) mass is 180 g/mol. The second-order valence-corrected chi connectivity index (χ2v) is 2.77. The van der Waals surface area contributed by atoms with Gasteiger partial charge in [-0.1, -0.05) is 0 Å². The smallest absolute Gasteiger partial charge is 0.224 e. The van der Waals surface area contributed by atoms with Gasteiger partial charge in [0.15, 0.2) is 0 Å². The summed E-state index contributed by atoms with van der Waals surface area (Å²) in [7, 11) is 0. The normalized spacial score (nSPS) is 44.8.